The monoisotopic (exact) mass is 252 g/mol. The van der Waals surface area contributed by atoms with Crippen molar-refractivity contribution in [2.24, 2.45) is 5.41 Å². The van der Waals surface area contributed by atoms with Gasteiger partial charge in [-0.1, -0.05) is 20.8 Å². The second kappa shape index (κ2) is 5.86. The lowest BCUT2D eigenvalue weighted by Crippen LogP contribution is -2.21. The van der Waals surface area contributed by atoms with Crippen LogP contribution in [0.3, 0.4) is 0 Å². The van der Waals surface area contributed by atoms with Gasteiger partial charge < -0.3 is 22.1 Å². The Morgan fingerprint density at radius 3 is 2.33 bits per heavy atom. The Morgan fingerprint density at radius 2 is 1.78 bits per heavy atom. The van der Waals surface area contributed by atoms with E-state index in [9.17, 15) is 0 Å². The minimum absolute atomic E-state index is 0.118. The second-order valence-electron chi connectivity index (χ2n) is 5.56. The Labute approximate surface area is 109 Å². The van der Waals surface area contributed by atoms with Gasteiger partial charge in [0.1, 0.15) is 11.6 Å². The molecule has 0 saturated heterocycles. The molecule has 0 aliphatic carbocycles. The van der Waals surface area contributed by atoms with Crippen molar-refractivity contribution < 1.29 is 0 Å². The molecule has 102 valence electrons. The van der Waals surface area contributed by atoms with E-state index in [0.717, 1.165) is 30.9 Å². The van der Waals surface area contributed by atoms with Gasteiger partial charge in [-0.3, -0.25) is 0 Å². The van der Waals surface area contributed by atoms with Crippen LogP contribution in [-0.2, 0) is 6.42 Å². The number of nitrogens with zero attached hydrogens (tertiary/aromatic N) is 2. The van der Waals surface area contributed by atoms with E-state index < -0.39 is 0 Å². The molecule has 1 rings (SSSR count). The molecular weight excluding hydrogens is 228 g/mol. The normalized spacial score (nSPS) is 11.6. The molecule has 0 bridgehead atoms. The summed E-state index contributed by atoms with van der Waals surface area (Å²) in [5.41, 5.74) is 12.6. The van der Waals surface area contributed by atoms with Crippen molar-refractivity contribution in [3.05, 3.63) is 5.56 Å². The van der Waals surface area contributed by atoms with Crippen LogP contribution in [0, 0.1) is 5.41 Å². The van der Waals surface area contributed by atoms with Crippen LogP contribution in [0.2, 0.25) is 0 Å². The van der Waals surface area contributed by atoms with Crippen molar-refractivity contribution in [3.63, 3.8) is 0 Å². The van der Waals surface area contributed by atoms with E-state index in [0.29, 0.717) is 5.82 Å². The summed E-state index contributed by atoms with van der Waals surface area (Å²) in [6.45, 7) is 8.07. The third-order valence-electron chi connectivity index (χ3n) is 2.43. The molecule has 6 heteroatoms. The molecule has 18 heavy (non-hydrogen) atoms. The number of nitrogen functional groups attached to an aromatic ring is 2. The maximum absolute atomic E-state index is 5.95. The number of anilines is 3. The van der Waals surface area contributed by atoms with Crippen LogP contribution in [0.1, 0.15) is 26.3 Å². The van der Waals surface area contributed by atoms with E-state index in [-0.39, 0.29) is 11.4 Å². The van der Waals surface area contributed by atoms with Gasteiger partial charge in [-0.25, -0.2) is 0 Å². The molecule has 0 amide bonds. The molecule has 1 aromatic rings. The van der Waals surface area contributed by atoms with Crippen molar-refractivity contribution in [1.29, 1.82) is 0 Å². The van der Waals surface area contributed by atoms with Crippen LogP contribution in [-0.4, -0.2) is 30.1 Å². The number of hydrogen-bond donors (Lipinski definition) is 4. The Kier molecular flexibility index (Phi) is 4.72. The Bertz CT molecular complexity index is 396. The lowest BCUT2D eigenvalue weighted by atomic mass is 9.88. The van der Waals surface area contributed by atoms with E-state index >= 15 is 0 Å². The first-order chi connectivity index (χ1) is 8.33. The van der Waals surface area contributed by atoms with E-state index in [2.05, 4.69) is 41.4 Å². The zero-order chi connectivity index (χ0) is 13.8. The summed E-state index contributed by atoms with van der Waals surface area (Å²) in [7, 11) is 1.90. The number of hydrogen-bond acceptors (Lipinski definition) is 6. The van der Waals surface area contributed by atoms with Crippen LogP contribution in [0.5, 0.6) is 0 Å². The van der Waals surface area contributed by atoms with Gasteiger partial charge in [0.05, 0.1) is 0 Å². The third-order valence-corrected chi connectivity index (χ3v) is 2.43. The van der Waals surface area contributed by atoms with Gasteiger partial charge in [-0.05, 0) is 18.9 Å². The molecule has 0 aliphatic heterocycles. The van der Waals surface area contributed by atoms with Gasteiger partial charge in [0.15, 0.2) is 0 Å². The fourth-order valence-corrected chi connectivity index (χ4v) is 1.68. The number of nitrogens with one attached hydrogen (secondary N) is 2. The van der Waals surface area contributed by atoms with Gasteiger partial charge in [0, 0.05) is 18.7 Å². The molecule has 0 radical (unpaired) electrons. The molecule has 0 aromatic carbocycles. The first-order valence-corrected chi connectivity index (χ1v) is 6.14. The van der Waals surface area contributed by atoms with Crippen molar-refractivity contribution in [1.82, 2.24) is 15.3 Å². The summed E-state index contributed by atoms with van der Waals surface area (Å²) in [5, 5.41) is 6.31. The van der Waals surface area contributed by atoms with Gasteiger partial charge in [0.25, 0.3) is 0 Å². The van der Waals surface area contributed by atoms with E-state index in [1.165, 1.54) is 0 Å². The highest BCUT2D eigenvalue weighted by molar-refractivity contribution is 5.58. The van der Waals surface area contributed by atoms with Crippen LogP contribution in [0.15, 0.2) is 0 Å². The predicted molar refractivity (Wildman–Crippen MR) is 76.4 cm³/mol. The maximum Gasteiger partial charge on any atom is 0.223 e. The summed E-state index contributed by atoms with van der Waals surface area (Å²) in [6, 6.07) is 0. The highest BCUT2D eigenvalue weighted by atomic mass is 15.1. The van der Waals surface area contributed by atoms with Crippen LogP contribution in [0.25, 0.3) is 0 Å². The SMILES string of the molecule is CNCCNc1nc(N)nc(N)c1CC(C)(C)C. The van der Waals surface area contributed by atoms with Gasteiger partial charge in [-0.15, -0.1) is 0 Å². The molecule has 0 aliphatic rings. The van der Waals surface area contributed by atoms with Gasteiger partial charge in [0.2, 0.25) is 5.95 Å². The third kappa shape index (κ3) is 4.37. The molecule has 0 atom stereocenters. The molecule has 1 heterocycles. The molecule has 6 N–H and O–H groups in total. The molecule has 6 nitrogen and oxygen atoms in total. The Balaban J connectivity index is 2.97. The molecule has 1 aromatic heterocycles. The zero-order valence-corrected chi connectivity index (χ0v) is 11.7. The quantitative estimate of drug-likeness (QED) is 0.580. The summed E-state index contributed by atoms with van der Waals surface area (Å²) >= 11 is 0. The summed E-state index contributed by atoms with van der Waals surface area (Å²) in [5.74, 6) is 1.41. The molecule has 0 fully saturated rings. The standard InChI is InChI=1S/C12H24N6/c1-12(2,3)7-8-9(13)17-11(14)18-10(8)16-6-5-15-4/h15H,5-7H2,1-4H3,(H5,13,14,16,17,18). The topological polar surface area (TPSA) is 102 Å². The largest absolute Gasteiger partial charge is 0.383 e. The molecule has 0 spiro atoms. The summed E-state index contributed by atoms with van der Waals surface area (Å²) < 4.78 is 0. The first-order valence-electron chi connectivity index (χ1n) is 6.14. The van der Waals surface area contributed by atoms with E-state index in [4.69, 9.17) is 11.5 Å². The second-order valence-corrected chi connectivity index (χ2v) is 5.56. The zero-order valence-electron chi connectivity index (χ0n) is 11.7. The number of nitrogens with two attached hydrogens (primary N) is 2. The summed E-state index contributed by atoms with van der Waals surface area (Å²) in [4.78, 5) is 8.27. The highest BCUT2D eigenvalue weighted by Gasteiger charge is 2.18. The smallest absolute Gasteiger partial charge is 0.223 e. The van der Waals surface area contributed by atoms with Crippen molar-refractivity contribution in [3.8, 4) is 0 Å². The fourth-order valence-electron chi connectivity index (χ4n) is 1.68. The van der Waals surface area contributed by atoms with Crippen LogP contribution in [0.4, 0.5) is 17.6 Å². The van der Waals surface area contributed by atoms with Crippen molar-refractivity contribution in [2.45, 2.75) is 27.2 Å². The maximum atomic E-state index is 5.95. The Hall–Kier alpha value is -1.56. The van der Waals surface area contributed by atoms with Gasteiger partial charge >= 0.3 is 0 Å². The van der Waals surface area contributed by atoms with Crippen LogP contribution >= 0.6 is 0 Å². The van der Waals surface area contributed by atoms with Gasteiger partial charge in [-0.2, -0.15) is 9.97 Å². The number of aromatic nitrogens is 2. The average molecular weight is 252 g/mol. The first kappa shape index (κ1) is 14.5. The number of likely N-dealkylation sites (N-methyl/N-ethyl adjacent to an activating group) is 1. The fraction of sp³-hybridized carbons (Fsp3) is 0.667. The van der Waals surface area contributed by atoms with E-state index in [1.807, 2.05) is 7.05 Å². The number of rotatable bonds is 5. The van der Waals surface area contributed by atoms with Crippen molar-refractivity contribution >= 4 is 17.6 Å². The van der Waals surface area contributed by atoms with Crippen molar-refractivity contribution in [2.75, 3.05) is 36.9 Å². The average Bonchev–Trinajstić information content (AvgIpc) is 2.22. The highest BCUT2D eigenvalue weighted by Crippen LogP contribution is 2.28. The van der Waals surface area contributed by atoms with E-state index in [1.54, 1.807) is 0 Å². The Morgan fingerprint density at radius 1 is 1.11 bits per heavy atom. The van der Waals surface area contributed by atoms with Crippen LogP contribution < -0.4 is 22.1 Å². The summed E-state index contributed by atoms with van der Waals surface area (Å²) in [6.07, 6.45) is 0.807. The molecule has 0 saturated carbocycles. The minimum atomic E-state index is 0.118. The molecular formula is C12H24N6. The lowest BCUT2D eigenvalue weighted by molar-refractivity contribution is 0.411. The predicted octanol–water partition coefficient (Wildman–Crippen LogP) is 0.861. The molecule has 0 unspecified atom stereocenters. The minimum Gasteiger partial charge on any atom is -0.383 e. The lowest BCUT2D eigenvalue weighted by Gasteiger charge is -2.21.